The molecule has 2 aromatic rings. The predicted molar refractivity (Wildman–Crippen MR) is 103 cm³/mol. The molecule has 1 fully saturated rings. The van der Waals surface area contributed by atoms with Crippen molar-refractivity contribution in [3.63, 3.8) is 0 Å². The minimum absolute atomic E-state index is 0.0357. The van der Waals surface area contributed by atoms with Crippen molar-refractivity contribution in [3.05, 3.63) is 29.3 Å². The van der Waals surface area contributed by atoms with Crippen LogP contribution in [0.2, 0.25) is 0 Å². The molecule has 1 aliphatic heterocycles. The fourth-order valence-corrected chi connectivity index (χ4v) is 4.22. The van der Waals surface area contributed by atoms with Gasteiger partial charge in [-0.15, -0.1) is 10.2 Å². The first-order valence-electron chi connectivity index (χ1n) is 8.29. The molecule has 1 atom stereocenters. The number of amides is 1. The molecule has 1 aromatic heterocycles. The van der Waals surface area contributed by atoms with Gasteiger partial charge in [0.05, 0.1) is 11.9 Å². The molecule has 0 spiro atoms. The molecule has 134 valence electrons. The smallest absolute Gasteiger partial charge is 0.234 e. The van der Waals surface area contributed by atoms with Crippen LogP contribution in [0.1, 0.15) is 24.0 Å². The number of rotatable bonds is 7. The highest BCUT2D eigenvalue weighted by atomic mass is 32.2. The summed E-state index contributed by atoms with van der Waals surface area (Å²) in [5, 5.41) is 15.2. The van der Waals surface area contributed by atoms with Crippen LogP contribution in [0.15, 0.2) is 22.5 Å². The number of nitrogens with zero attached hydrogens (tertiary/aromatic N) is 2. The van der Waals surface area contributed by atoms with Crippen molar-refractivity contribution in [2.45, 2.75) is 37.1 Å². The van der Waals surface area contributed by atoms with Gasteiger partial charge >= 0.3 is 0 Å². The van der Waals surface area contributed by atoms with Gasteiger partial charge in [-0.05, 0) is 37.8 Å². The van der Waals surface area contributed by atoms with E-state index in [9.17, 15) is 4.79 Å². The average Bonchev–Trinajstić information content (AvgIpc) is 3.26. The number of hydrogen-bond donors (Lipinski definition) is 2. The van der Waals surface area contributed by atoms with Gasteiger partial charge in [0, 0.05) is 18.8 Å². The van der Waals surface area contributed by atoms with Crippen LogP contribution < -0.4 is 10.6 Å². The lowest BCUT2D eigenvalue weighted by molar-refractivity contribution is -0.113. The number of anilines is 2. The minimum atomic E-state index is -0.0357. The van der Waals surface area contributed by atoms with Crippen molar-refractivity contribution < 1.29 is 9.53 Å². The molecule has 1 amide bonds. The molecule has 0 saturated carbocycles. The maximum Gasteiger partial charge on any atom is 0.234 e. The van der Waals surface area contributed by atoms with Crippen LogP contribution in [-0.4, -0.2) is 41.1 Å². The number of carbonyl (C=O) groups excluding carboxylic acids is 1. The molecular weight excluding hydrogens is 356 g/mol. The lowest BCUT2D eigenvalue weighted by atomic mass is 10.1. The molecule has 3 rings (SSSR count). The number of aryl methyl sites for hydroxylation is 2. The summed E-state index contributed by atoms with van der Waals surface area (Å²) in [5.41, 5.74) is 3.02. The van der Waals surface area contributed by atoms with E-state index in [1.165, 1.54) is 23.1 Å². The molecular formula is C17H22N4O2S2. The van der Waals surface area contributed by atoms with E-state index in [1.54, 1.807) is 0 Å². The van der Waals surface area contributed by atoms with Crippen LogP contribution in [0.4, 0.5) is 10.8 Å². The lowest BCUT2D eigenvalue weighted by Crippen LogP contribution is -2.18. The van der Waals surface area contributed by atoms with Crippen molar-refractivity contribution in [1.29, 1.82) is 0 Å². The highest BCUT2D eigenvalue weighted by Gasteiger charge is 2.16. The van der Waals surface area contributed by atoms with Crippen LogP contribution in [0, 0.1) is 13.8 Å². The summed E-state index contributed by atoms with van der Waals surface area (Å²) in [6.45, 7) is 5.59. The van der Waals surface area contributed by atoms with Crippen LogP contribution in [0.5, 0.6) is 0 Å². The Balaban J connectivity index is 1.46. The second kappa shape index (κ2) is 8.64. The number of benzene rings is 1. The molecule has 25 heavy (non-hydrogen) atoms. The maximum atomic E-state index is 12.2. The fraction of sp³-hybridized carbons (Fsp3) is 0.471. The van der Waals surface area contributed by atoms with Gasteiger partial charge in [-0.2, -0.15) is 0 Å². The third kappa shape index (κ3) is 5.17. The van der Waals surface area contributed by atoms with Gasteiger partial charge in [0.15, 0.2) is 4.34 Å². The second-order valence-electron chi connectivity index (χ2n) is 5.99. The number of nitrogens with one attached hydrogen (secondary N) is 2. The zero-order valence-corrected chi connectivity index (χ0v) is 16.0. The Hall–Kier alpha value is -1.64. The molecule has 8 heteroatoms. The Morgan fingerprint density at radius 2 is 2.16 bits per heavy atom. The summed E-state index contributed by atoms with van der Waals surface area (Å²) in [7, 11) is 0. The van der Waals surface area contributed by atoms with Crippen LogP contribution >= 0.6 is 23.1 Å². The van der Waals surface area contributed by atoms with Crippen LogP contribution in [0.3, 0.4) is 0 Å². The monoisotopic (exact) mass is 378 g/mol. The quantitative estimate of drug-likeness (QED) is 0.719. The Kier molecular flexibility index (Phi) is 6.28. The van der Waals surface area contributed by atoms with Gasteiger partial charge < -0.3 is 15.4 Å². The highest BCUT2D eigenvalue weighted by molar-refractivity contribution is 8.01. The third-order valence-corrected chi connectivity index (χ3v) is 6.00. The summed E-state index contributed by atoms with van der Waals surface area (Å²) < 4.78 is 6.36. The van der Waals surface area contributed by atoms with Crippen molar-refractivity contribution >= 4 is 39.8 Å². The van der Waals surface area contributed by atoms with Gasteiger partial charge in [-0.3, -0.25) is 4.79 Å². The average molecular weight is 379 g/mol. The SMILES string of the molecule is Cc1cccc(C)c1NC(=O)CSc1nnc(NCC2CCCO2)s1. The summed E-state index contributed by atoms with van der Waals surface area (Å²) in [6.07, 6.45) is 2.48. The van der Waals surface area contributed by atoms with E-state index < -0.39 is 0 Å². The number of carbonyl (C=O) groups is 1. The molecule has 6 nitrogen and oxygen atoms in total. The number of hydrogen-bond acceptors (Lipinski definition) is 7. The van der Waals surface area contributed by atoms with Crippen LogP contribution in [0.25, 0.3) is 0 Å². The molecule has 1 aliphatic rings. The molecule has 0 aliphatic carbocycles. The van der Waals surface area contributed by atoms with E-state index in [0.29, 0.717) is 5.75 Å². The van der Waals surface area contributed by atoms with Crippen molar-refractivity contribution in [2.75, 3.05) is 29.5 Å². The molecule has 2 heterocycles. The highest BCUT2D eigenvalue weighted by Crippen LogP contribution is 2.26. The first-order chi connectivity index (χ1) is 12.1. The fourth-order valence-electron chi connectivity index (χ4n) is 2.66. The predicted octanol–water partition coefficient (Wildman–Crippen LogP) is 3.48. The van der Waals surface area contributed by atoms with Gasteiger partial charge in [0.25, 0.3) is 0 Å². The topological polar surface area (TPSA) is 76.1 Å². The third-order valence-electron chi connectivity index (χ3n) is 3.98. The molecule has 0 bridgehead atoms. The Bertz CT molecular complexity index is 709. The zero-order chi connectivity index (χ0) is 17.6. The first-order valence-corrected chi connectivity index (χ1v) is 10.1. The number of para-hydroxylation sites is 1. The van der Waals surface area contributed by atoms with Gasteiger partial charge in [0.1, 0.15) is 0 Å². The summed E-state index contributed by atoms with van der Waals surface area (Å²) in [6, 6.07) is 5.97. The Morgan fingerprint density at radius 1 is 1.36 bits per heavy atom. The zero-order valence-electron chi connectivity index (χ0n) is 14.4. The summed E-state index contributed by atoms with van der Waals surface area (Å²) in [4.78, 5) is 12.2. The second-order valence-corrected chi connectivity index (χ2v) is 8.19. The molecule has 0 radical (unpaired) electrons. The first kappa shape index (κ1) is 18.2. The standard InChI is InChI=1S/C17H22N4O2S2/c1-11-5-3-6-12(2)15(11)19-14(22)10-24-17-21-20-16(25-17)18-9-13-7-4-8-23-13/h3,5-6,13H,4,7-10H2,1-2H3,(H,18,20)(H,19,22). The van der Waals surface area contributed by atoms with E-state index in [2.05, 4.69) is 20.8 Å². The Morgan fingerprint density at radius 3 is 2.88 bits per heavy atom. The van der Waals surface area contributed by atoms with E-state index in [1.807, 2.05) is 32.0 Å². The van der Waals surface area contributed by atoms with E-state index in [-0.39, 0.29) is 12.0 Å². The molecule has 1 saturated heterocycles. The van der Waals surface area contributed by atoms with Crippen LogP contribution in [-0.2, 0) is 9.53 Å². The number of thioether (sulfide) groups is 1. The van der Waals surface area contributed by atoms with Gasteiger partial charge in [0.2, 0.25) is 11.0 Å². The normalized spacial score (nSPS) is 16.8. The maximum absolute atomic E-state index is 12.2. The van der Waals surface area contributed by atoms with Gasteiger partial charge in [-0.1, -0.05) is 41.3 Å². The summed E-state index contributed by atoms with van der Waals surface area (Å²) >= 11 is 2.86. The van der Waals surface area contributed by atoms with Crippen molar-refractivity contribution in [2.24, 2.45) is 0 Å². The van der Waals surface area contributed by atoms with E-state index in [0.717, 1.165) is 52.3 Å². The minimum Gasteiger partial charge on any atom is -0.376 e. The Labute approximate surface area is 155 Å². The van der Waals surface area contributed by atoms with Crippen molar-refractivity contribution in [3.8, 4) is 0 Å². The number of aromatic nitrogens is 2. The largest absolute Gasteiger partial charge is 0.376 e. The lowest BCUT2D eigenvalue weighted by Gasteiger charge is -2.10. The van der Waals surface area contributed by atoms with E-state index in [4.69, 9.17) is 4.74 Å². The molecule has 1 aromatic carbocycles. The molecule has 1 unspecified atom stereocenters. The van der Waals surface area contributed by atoms with E-state index >= 15 is 0 Å². The molecule has 2 N–H and O–H groups in total. The van der Waals surface area contributed by atoms with Crippen molar-refractivity contribution in [1.82, 2.24) is 10.2 Å². The summed E-state index contributed by atoms with van der Waals surface area (Å²) in [5.74, 6) is 0.278. The van der Waals surface area contributed by atoms with Gasteiger partial charge in [-0.25, -0.2) is 0 Å². The number of ether oxygens (including phenoxy) is 1.